The van der Waals surface area contributed by atoms with E-state index in [1.54, 1.807) is 30.3 Å². The summed E-state index contributed by atoms with van der Waals surface area (Å²) in [4.78, 5) is 14.3. The highest BCUT2D eigenvalue weighted by Crippen LogP contribution is 2.35. The number of ketones is 1. The molecular formula is C20H19BrFNO4. The number of methoxy groups -OCH3 is 1. The van der Waals surface area contributed by atoms with Gasteiger partial charge in [0.25, 0.3) is 0 Å². The number of halogens is 2. The number of ether oxygens (including phenoxy) is 2. The van der Waals surface area contributed by atoms with Crippen LogP contribution in [-0.4, -0.2) is 44.3 Å². The van der Waals surface area contributed by atoms with Crippen LogP contribution in [0.15, 0.2) is 40.9 Å². The van der Waals surface area contributed by atoms with Crippen LogP contribution in [0.5, 0.6) is 11.5 Å². The maximum Gasteiger partial charge on any atom is 0.185 e. The van der Waals surface area contributed by atoms with Gasteiger partial charge in [-0.1, -0.05) is 6.08 Å². The lowest BCUT2D eigenvalue weighted by Gasteiger charge is -2.29. The smallest absolute Gasteiger partial charge is 0.185 e. The maximum absolute atomic E-state index is 14.4. The van der Waals surface area contributed by atoms with Crippen molar-refractivity contribution in [2.24, 2.45) is 0 Å². The first-order valence-electron chi connectivity index (χ1n) is 8.40. The summed E-state index contributed by atoms with van der Waals surface area (Å²) >= 11 is 3.23. The van der Waals surface area contributed by atoms with E-state index in [1.807, 2.05) is 4.90 Å². The topological polar surface area (TPSA) is 59.0 Å². The number of carbonyl (C=O) groups excluding carboxylic acids is 1. The van der Waals surface area contributed by atoms with E-state index in [1.165, 1.54) is 19.3 Å². The van der Waals surface area contributed by atoms with Gasteiger partial charge in [-0.2, -0.15) is 0 Å². The Bertz CT molecular complexity index is 879. The van der Waals surface area contributed by atoms with Gasteiger partial charge in [0.1, 0.15) is 5.82 Å². The van der Waals surface area contributed by atoms with Gasteiger partial charge >= 0.3 is 0 Å². The van der Waals surface area contributed by atoms with Crippen molar-refractivity contribution in [3.8, 4) is 11.5 Å². The molecule has 0 radical (unpaired) electrons. The summed E-state index contributed by atoms with van der Waals surface area (Å²) in [6.07, 6.45) is 2.95. The van der Waals surface area contributed by atoms with Crippen molar-refractivity contribution in [3.63, 3.8) is 0 Å². The van der Waals surface area contributed by atoms with Crippen LogP contribution < -0.4 is 9.64 Å². The van der Waals surface area contributed by atoms with E-state index in [2.05, 4.69) is 15.9 Å². The second kappa shape index (κ2) is 8.54. The molecule has 5 nitrogen and oxygen atoms in total. The molecule has 1 aliphatic heterocycles. The van der Waals surface area contributed by atoms with Crippen LogP contribution in [0.4, 0.5) is 10.1 Å². The molecule has 0 aromatic heterocycles. The van der Waals surface area contributed by atoms with Gasteiger partial charge in [0.2, 0.25) is 0 Å². The van der Waals surface area contributed by atoms with Gasteiger partial charge in [-0.25, -0.2) is 4.39 Å². The number of hydrogen-bond acceptors (Lipinski definition) is 5. The molecule has 27 heavy (non-hydrogen) atoms. The minimum Gasteiger partial charge on any atom is -0.503 e. The fraction of sp³-hybridized carbons (Fsp3) is 0.250. The van der Waals surface area contributed by atoms with Gasteiger partial charge in [-0.15, -0.1) is 0 Å². The van der Waals surface area contributed by atoms with E-state index >= 15 is 0 Å². The Kier molecular flexibility index (Phi) is 6.13. The summed E-state index contributed by atoms with van der Waals surface area (Å²) < 4.78 is 25.3. The number of rotatable bonds is 5. The third-order valence-electron chi connectivity index (χ3n) is 4.28. The average Bonchev–Trinajstić information content (AvgIpc) is 2.69. The van der Waals surface area contributed by atoms with E-state index in [4.69, 9.17) is 9.47 Å². The van der Waals surface area contributed by atoms with Crippen molar-refractivity contribution in [2.45, 2.75) is 0 Å². The first kappa shape index (κ1) is 19.4. The molecule has 0 spiro atoms. The minimum absolute atomic E-state index is 0.0123. The van der Waals surface area contributed by atoms with Gasteiger partial charge in [-0.3, -0.25) is 4.79 Å². The minimum atomic E-state index is -0.426. The molecule has 0 atom stereocenters. The predicted octanol–water partition coefficient (Wildman–Crippen LogP) is 4.04. The first-order valence-corrected chi connectivity index (χ1v) is 9.20. The number of allylic oxidation sites excluding steroid dienone is 1. The molecule has 0 amide bonds. The molecule has 1 heterocycles. The highest BCUT2D eigenvalue weighted by Gasteiger charge is 2.16. The Morgan fingerprint density at radius 1 is 1.30 bits per heavy atom. The molecule has 1 fully saturated rings. The number of morpholine rings is 1. The molecule has 7 heteroatoms. The third kappa shape index (κ3) is 4.48. The number of hydrogen-bond donors (Lipinski definition) is 1. The maximum atomic E-state index is 14.4. The quantitative estimate of drug-likeness (QED) is 0.567. The fourth-order valence-corrected chi connectivity index (χ4v) is 3.29. The van der Waals surface area contributed by atoms with Crippen molar-refractivity contribution in [3.05, 3.63) is 57.8 Å². The van der Waals surface area contributed by atoms with Crippen LogP contribution in [0.2, 0.25) is 0 Å². The summed E-state index contributed by atoms with van der Waals surface area (Å²) in [6.45, 7) is 2.38. The fourth-order valence-electron chi connectivity index (χ4n) is 2.83. The van der Waals surface area contributed by atoms with Crippen LogP contribution in [-0.2, 0) is 4.74 Å². The molecule has 0 bridgehead atoms. The molecule has 0 aliphatic carbocycles. The molecule has 1 aliphatic rings. The largest absolute Gasteiger partial charge is 0.503 e. The van der Waals surface area contributed by atoms with E-state index in [0.29, 0.717) is 42.0 Å². The summed E-state index contributed by atoms with van der Waals surface area (Å²) in [5.41, 5.74) is 1.41. The lowest BCUT2D eigenvalue weighted by atomic mass is 10.1. The zero-order chi connectivity index (χ0) is 19.4. The molecule has 0 saturated carbocycles. The van der Waals surface area contributed by atoms with Crippen molar-refractivity contribution in [1.29, 1.82) is 0 Å². The molecule has 1 N–H and O–H groups in total. The van der Waals surface area contributed by atoms with Crippen molar-refractivity contribution < 1.29 is 23.8 Å². The highest BCUT2D eigenvalue weighted by atomic mass is 79.9. The second-order valence-corrected chi connectivity index (χ2v) is 6.87. The van der Waals surface area contributed by atoms with Gasteiger partial charge in [0.15, 0.2) is 17.3 Å². The highest BCUT2D eigenvalue weighted by molar-refractivity contribution is 9.10. The van der Waals surface area contributed by atoms with Crippen molar-refractivity contribution >= 4 is 33.5 Å². The molecule has 1 saturated heterocycles. The van der Waals surface area contributed by atoms with Gasteiger partial charge in [0.05, 0.1) is 30.5 Å². The number of phenols is 1. The average molecular weight is 436 g/mol. The molecule has 0 unspecified atom stereocenters. The Balaban J connectivity index is 1.77. The lowest BCUT2D eigenvalue weighted by molar-refractivity contribution is 0.104. The van der Waals surface area contributed by atoms with E-state index in [-0.39, 0.29) is 22.8 Å². The first-order chi connectivity index (χ1) is 13.0. The number of benzene rings is 2. The third-order valence-corrected chi connectivity index (χ3v) is 4.89. The van der Waals surface area contributed by atoms with Crippen LogP contribution in [0.1, 0.15) is 15.9 Å². The van der Waals surface area contributed by atoms with Crippen LogP contribution in [0.3, 0.4) is 0 Å². The molecule has 2 aromatic carbocycles. The number of carbonyl (C=O) groups is 1. The summed E-state index contributed by atoms with van der Waals surface area (Å²) in [5, 5.41) is 9.83. The van der Waals surface area contributed by atoms with Gasteiger partial charge < -0.3 is 19.5 Å². The molecule has 3 rings (SSSR count). The monoisotopic (exact) mass is 435 g/mol. The molecule has 2 aromatic rings. The summed E-state index contributed by atoms with van der Waals surface area (Å²) in [6, 6.07) is 7.76. The SMILES string of the molecule is COc1cc(/C=C/C(=O)c2ccc(N3CCOCC3)c(F)c2)cc(Br)c1O. The lowest BCUT2D eigenvalue weighted by Crippen LogP contribution is -2.36. The van der Waals surface area contributed by atoms with E-state index in [0.717, 1.165) is 0 Å². The van der Waals surface area contributed by atoms with E-state index in [9.17, 15) is 14.3 Å². The number of aromatic hydroxyl groups is 1. The normalized spacial score (nSPS) is 14.6. The molecule has 142 valence electrons. The Hall–Kier alpha value is -2.38. The Morgan fingerprint density at radius 3 is 2.70 bits per heavy atom. The Morgan fingerprint density at radius 2 is 2.04 bits per heavy atom. The number of nitrogens with zero attached hydrogens (tertiary/aromatic N) is 1. The van der Waals surface area contributed by atoms with E-state index < -0.39 is 5.82 Å². The molecular weight excluding hydrogens is 417 g/mol. The number of phenolic OH excluding ortho intramolecular Hbond substituents is 1. The van der Waals surface area contributed by atoms with Crippen LogP contribution in [0, 0.1) is 5.82 Å². The van der Waals surface area contributed by atoms with Crippen molar-refractivity contribution in [1.82, 2.24) is 0 Å². The van der Waals surface area contributed by atoms with Crippen molar-refractivity contribution in [2.75, 3.05) is 38.3 Å². The zero-order valence-electron chi connectivity index (χ0n) is 14.7. The summed E-state index contributed by atoms with van der Waals surface area (Å²) in [5.74, 6) is -0.463. The predicted molar refractivity (Wildman–Crippen MR) is 105 cm³/mol. The number of anilines is 1. The van der Waals surface area contributed by atoms with Crippen LogP contribution >= 0.6 is 15.9 Å². The van der Waals surface area contributed by atoms with Gasteiger partial charge in [-0.05, 0) is 57.9 Å². The summed E-state index contributed by atoms with van der Waals surface area (Å²) in [7, 11) is 1.44. The standard InChI is InChI=1S/C20H19BrFNO4/c1-26-19-11-13(10-15(21)20(19)25)2-5-18(24)14-3-4-17(16(22)12-14)23-6-8-27-9-7-23/h2-5,10-12,25H,6-9H2,1H3/b5-2+. The second-order valence-electron chi connectivity index (χ2n) is 6.02. The van der Waals surface area contributed by atoms with Gasteiger partial charge in [0, 0.05) is 18.7 Å². The Labute approximate surface area is 165 Å². The zero-order valence-corrected chi connectivity index (χ0v) is 16.3. The van der Waals surface area contributed by atoms with Crippen LogP contribution in [0.25, 0.3) is 6.08 Å².